The van der Waals surface area contributed by atoms with Crippen LogP contribution < -0.4 is 4.90 Å². The number of hydrogen-bond donors (Lipinski definition) is 1. The van der Waals surface area contributed by atoms with Crippen molar-refractivity contribution in [1.29, 1.82) is 0 Å². The Kier molecular flexibility index (Phi) is 6.56. The number of amides is 2. The molecule has 3 rings (SSSR count). The maximum atomic E-state index is 14.5. The molecule has 2 aromatic rings. The van der Waals surface area contributed by atoms with Crippen LogP contribution in [0.4, 0.5) is 19.3 Å². The van der Waals surface area contributed by atoms with Crippen LogP contribution in [0.5, 0.6) is 0 Å². The number of Topliss-reactive ketones (excluding diaryl/α,β-unsaturated/α-hetero) is 1. The number of carbonyl (C=O) groups is 2. The van der Waals surface area contributed by atoms with E-state index in [0.717, 1.165) is 12.1 Å². The lowest BCUT2D eigenvalue weighted by Gasteiger charge is -2.36. The largest absolute Gasteiger partial charge is 0.388 e. The van der Waals surface area contributed by atoms with Crippen molar-refractivity contribution in [3.8, 4) is 0 Å². The number of aliphatic hydroxyl groups is 1. The second kappa shape index (κ2) is 9.11. The number of piperazine rings is 1. The molecule has 0 radical (unpaired) electrons. The predicted molar refractivity (Wildman–Crippen MR) is 105 cm³/mol. The summed E-state index contributed by atoms with van der Waals surface area (Å²) in [6.07, 6.45) is 0. The summed E-state index contributed by atoms with van der Waals surface area (Å²) in [6, 6.07) is 9.15. The van der Waals surface area contributed by atoms with Gasteiger partial charge in [0.2, 0.25) is 0 Å². The first-order valence-corrected chi connectivity index (χ1v) is 9.32. The maximum Gasteiger partial charge on any atom is 0.324 e. The zero-order valence-electron chi connectivity index (χ0n) is 16.1. The molecular weight excluding hydrogens is 380 g/mol. The Bertz CT molecular complexity index is 881. The van der Waals surface area contributed by atoms with Crippen molar-refractivity contribution < 1.29 is 23.5 Å². The molecule has 154 valence electrons. The van der Waals surface area contributed by atoms with Gasteiger partial charge in [-0.2, -0.15) is 0 Å². The molecule has 6 nitrogen and oxygen atoms in total. The van der Waals surface area contributed by atoms with Crippen molar-refractivity contribution >= 4 is 17.5 Å². The second-order valence-corrected chi connectivity index (χ2v) is 7.03. The minimum atomic E-state index is -0.820. The van der Waals surface area contributed by atoms with E-state index in [9.17, 15) is 18.4 Å². The molecule has 1 aliphatic heterocycles. The molecule has 0 aromatic heterocycles. The molecule has 2 aromatic carbocycles. The van der Waals surface area contributed by atoms with Crippen LogP contribution in [0.2, 0.25) is 0 Å². The van der Waals surface area contributed by atoms with E-state index >= 15 is 0 Å². The van der Waals surface area contributed by atoms with Crippen LogP contribution >= 0.6 is 0 Å². The van der Waals surface area contributed by atoms with Crippen LogP contribution in [0.25, 0.3) is 0 Å². The number of rotatable bonds is 5. The van der Waals surface area contributed by atoms with Crippen molar-refractivity contribution in [2.75, 3.05) is 44.7 Å². The van der Waals surface area contributed by atoms with Crippen LogP contribution in [0.15, 0.2) is 42.5 Å². The van der Waals surface area contributed by atoms with E-state index in [-0.39, 0.29) is 18.3 Å². The highest BCUT2D eigenvalue weighted by Crippen LogP contribution is 2.24. The average Bonchev–Trinajstić information content (AvgIpc) is 2.72. The molecule has 2 amide bonds. The molecular formula is C21H23F2N3O3. The third kappa shape index (κ3) is 4.96. The van der Waals surface area contributed by atoms with Crippen molar-refractivity contribution in [3.63, 3.8) is 0 Å². The summed E-state index contributed by atoms with van der Waals surface area (Å²) in [5.41, 5.74) is 1.01. The van der Waals surface area contributed by atoms with E-state index in [2.05, 4.69) is 4.90 Å². The number of anilines is 1. The minimum absolute atomic E-state index is 0.00848. The molecule has 8 heteroatoms. The van der Waals surface area contributed by atoms with Gasteiger partial charge in [0, 0.05) is 37.8 Å². The molecule has 1 aliphatic rings. The number of halogens is 2. The van der Waals surface area contributed by atoms with Crippen molar-refractivity contribution in [2.24, 2.45) is 0 Å². The Balaban J connectivity index is 1.88. The zero-order chi connectivity index (χ0) is 21.0. The van der Waals surface area contributed by atoms with Gasteiger partial charge in [-0.25, -0.2) is 13.6 Å². The van der Waals surface area contributed by atoms with Gasteiger partial charge in [-0.3, -0.25) is 9.69 Å². The molecule has 0 saturated carbocycles. The topological polar surface area (TPSA) is 64.1 Å². The van der Waals surface area contributed by atoms with Gasteiger partial charge in [0.15, 0.2) is 5.78 Å². The summed E-state index contributed by atoms with van der Waals surface area (Å²) in [6.45, 7) is 1.92. The van der Waals surface area contributed by atoms with E-state index in [1.807, 2.05) is 7.05 Å². The monoisotopic (exact) mass is 403 g/mol. The van der Waals surface area contributed by atoms with E-state index in [1.54, 1.807) is 29.2 Å². The molecule has 1 fully saturated rings. The van der Waals surface area contributed by atoms with Gasteiger partial charge in [-0.15, -0.1) is 0 Å². The van der Waals surface area contributed by atoms with Crippen LogP contribution in [-0.2, 0) is 6.54 Å². The lowest BCUT2D eigenvalue weighted by Crippen LogP contribution is -2.52. The van der Waals surface area contributed by atoms with Crippen LogP contribution in [0, 0.1) is 11.6 Å². The summed E-state index contributed by atoms with van der Waals surface area (Å²) >= 11 is 0. The number of aliphatic hydroxyl groups excluding tert-OH is 1. The number of hydrogen-bond acceptors (Lipinski definition) is 4. The Labute approximate surface area is 167 Å². The van der Waals surface area contributed by atoms with E-state index in [4.69, 9.17) is 5.11 Å². The summed E-state index contributed by atoms with van der Waals surface area (Å²) in [4.78, 5) is 29.8. The van der Waals surface area contributed by atoms with Crippen molar-refractivity contribution in [3.05, 3.63) is 65.2 Å². The fourth-order valence-electron chi connectivity index (χ4n) is 3.19. The Morgan fingerprint density at radius 2 is 1.69 bits per heavy atom. The third-order valence-corrected chi connectivity index (χ3v) is 4.97. The number of nitrogens with zero attached hydrogens (tertiary/aromatic N) is 3. The van der Waals surface area contributed by atoms with E-state index < -0.39 is 24.0 Å². The number of urea groups is 1. The van der Waals surface area contributed by atoms with Gasteiger partial charge < -0.3 is 14.9 Å². The van der Waals surface area contributed by atoms with E-state index in [0.29, 0.717) is 37.3 Å². The predicted octanol–water partition coefficient (Wildman–Crippen LogP) is 2.51. The fourth-order valence-corrected chi connectivity index (χ4v) is 3.19. The van der Waals surface area contributed by atoms with Gasteiger partial charge in [0.05, 0.1) is 12.2 Å². The van der Waals surface area contributed by atoms with E-state index in [1.165, 1.54) is 11.0 Å². The third-order valence-electron chi connectivity index (χ3n) is 4.97. The average molecular weight is 403 g/mol. The highest BCUT2D eigenvalue weighted by atomic mass is 19.1. The summed E-state index contributed by atoms with van der Waals surface area (Å²) in [7, 11) is 1.97. The minimum Gasteiger partial charge on any atom is -0.388 e. The molecule has 1 saturated heterocycles. The SMILES string of the molecule is CN1CCN(C(=O)N(Cc2ccc(C(=O)CO)cc2)c2ccc(F)cc2F)CC1. The maximum absolute atomic E-state index is 14.5. The van der Waals surface area contributed by atoms with Gasteiger partial charge in [0.25, 0.3) is 0 Å². The van der Waals surface area contributed by atoms with Crippen LogP contribution in [0.1, 0.15) is 15.9 Å². The van der Waals surface area contributed by atoms with Gasteiger partial charge in [-0.05, 0) is 24.7 Å². The number of benzene rings is 2. The summed E-state index contributed by atoms with van der Waals surface area (Å²) in [5.74, 6) is -1.95. The molecule has 29 heavy (non-hydrogen) atoms. The van der Waals surface area contributed by atoms with Crippen LogP contribution in [0.3, 0.4) is 0 Å². The first kappa shape index (κ1) is 20.9. The zero-order valence-corrected chi connectivity index (χ0v) is 16.1. The van der Waals surface area contributed by atoms with Crippen molar-refractivity contribution in [2.45, 2.75) is 6.54 Å². The molecule has 1 N–H and O–H groups in total. The standard InChI is InChI=1S/C21H23F2N3O3/c1-24-8-10-25(11-9-24)21(29)26(19-7-6-17(22)12-18(19)23)13-15-2-4-16(5-3-15)20(28)14-27/h2-7,12,27H,8-11,13-14H2,1H3. The lowest BCUT2D eigenvalue weighted by atomic mass is 10.1. The smallest absolute Gasteiger partial charge is 0.324 e. The summed E-state index contributed by atoms with van der Waals surface area (Å²) in [5, 5.41) is 8.96. The first-order chi connectivity index (χ1) is 13.9. The number of likely N-dealkylation sites (N-methyl/N-ethyl adjacent to an activating group) is 1. The Hall–Kier alpha value is -2.84. The second-order valence-electron chi connectivity index (χ2n) is 7.03. The van der Waals surface area contributed by atoms with Gasteiger partial charge in [0.1, 0.15) is 18.2 Å². The van der Waals surface area contributed by atoms with Crippen molar-refractivity contribution in [1.82, 2.24) is 9.80 Å². The Morgan fingerprint density at radius 1 is 1.03 bits per heavy atom. The lowest BCUT2D eigenvalue weighted by molar-refractivity contribution is 0.0903. The molecule has 0 spiro atoms. The normalized spacial score (nSPS) is 14.7. The molecule has 0 bridgehead atoms. The molecule has 0 atom stereocenters. The molecule has 0 aliphatic carbocycles. The number of ketones is 1. The highest BCUT2D eigenvalue weighted by molar-refractivity contribution is 5.97. The number of carbonyl (C=O) groups excluding carboxylic acids is 2. The Morgan fingerprint density at radius 3 is 2.28 bits per heavy atom. The molecule has 1 heterocycles. The van der Waals surface area contributed by atoms with Gasteiger partial charge >= 0.3 is 6.03 Å². The molecule has 0 unspecified atom stereocenters. The highest BCUT2D eigenvalue weighted by Gasteiger charge is 2.27. The first-order valence-electron chi connectivity index (χ1n) is 9.32. The van der Waals surface area contributed by atoms with Gasteiger partial charge in [-0.1, -0.05) is 24.3 Å². The fraction of sp³-hybridized carbons (Fsp3) is 0.333. The summed E-state index contributed by atoms with van der Waals surface area (Å²) < 4.78 is 27.9. The van der Waals surface area contributed by atoms with Crippen LogP contribution in [-0.4, -0.2) is 66.6 Å². The quantitative estimate of drug-likeness (QED) is 0.780.